The van der Waals surface area contributed by atoms with Crippen LogP contribution in [0.25, 0.3) is 22.2 Å². The predicted octanol–water partition coefficient (Wildman–Crippen LogP) is 8.39. The van der Waals surface area contributed by atoms with Gasteiger partial charge < -0.3 is 10.8 Å². The molecule has 0 saturated heterocycles. The van der Waals surface area contributed by atoms with E-state index in [1.165, 1.54) is 29.3 Å². The molecule has 0 aliphatic heterocycles. The largest absolute Gasteiger partial charge is 0.398 e. The van der Waals surface area contributed by atoms with Crippen molar-refractivity contribution < 1.29 is 18.7 Å². The SMILES string of the molecule is C.CC(=O)c1cccc(C)c1.Cc1cc(C)cc(-c2ccc3c(F)cccc3n2)c1.Nc1cccc(F)c1CO. The zero-order valence-corrected chi connectivity index (χ0v) is 22.5. The monoisotopic (exact) mass is 542 g/mol. The molecule has 0 radical (unpaired) electrons. The molecule has 208 valence electrons. The van der Waals surface area contributed by atoms with Crippen molar-refractivity contribution in [3.8, 4) is 11.3 Å². The summed E-state index contributed by atoms with van der Waals surface area (Å²) in [7, 11) is 0. The summed E-state index contributed by atoms with van der Waals surface area (Å²) >= 11 is 0. The fourth-order valence-electron chi connectivity index (χ4n) is 4.01. The Kier molecular flexibility index (Phi) is 11.7. The van der Waals surface area contributed by atoms with Gasteiger partial charge in [0.15, 0.2) is 5.78 Å². The number of fused-ring (bicyclic) bond motifs is 1. The molecule has 0 spiro atoms. The van der Waals surface area contributed by atoms with Crippen LogP contribution in [0.2, 0.25) is 0 Å². The minimum atomic E-state index is -0.456. The molecule has 0 saturated carbocycles. The highest BCUT2D eigenvalue weighted by molar-refractivity contribution is 5.94. The van der Waals surface area contributed by atoms with Crippen molar-refractivity contribution in [2.75, 3.05) is 5.73 Å². The van der Waals surface area contributed by atoms with E-state index in [4.69, 9.17) is 10.8 Å². The second kappa shape index (κ2) is 14.7. The third kappa shape index (κ3) is 8.55. The average Bonchev–Trinajstić information content (AvgIpc) is 2.89. The number of anilines is 1. The zero-order chi connectivity index (χ0) is 28.5. The number of carbonyl (C=O) groups excluding carboxylic acids is 1. The van der Waals surface area contributed by atoms with Gasteiger partial charge in [-0.25, -0.2) is 13.8 Å². The van der Waals surface area contributed by atoms with E-state index in [0.29, 0.717) is 16.6 Å². The number of carbonyl (C=O) groups is 1. The van der Waals surface area contributed by atoms with Crippen LogP contribution in [0.5, 0.6) is 0 Å². The number of rotatable bonds is 3. The van der Waals surface area contributed by atoms with Crippen molar-refractivity contribution in [2.45, 2.75) is 41.7 Å². The number of hydrogen-bond acceptors (Lipinski definition) is 4. The molecule has 4 nitrogen and oxygen atoms in total. The Morgan fingerprint density at radius 2 is 1.43 bits per heavy atom. The van der Waals surface area contributed by atoms with Gasteiger partial charge in [0.2, 0.25) is 0 Å². The third-order valence-electron chi connectivity index (χ3n) is 5.93. The highest BCUT2D eigenvalue weighted by atomic mass is 19.1. The van der Waals surface area contributed by atoms with Crippen LogP contribution in [0.4, 0.5) is 14.5 Å². The van der Waals surface area contributed by atoms with E-state index in [1.54, 1.807) is 25.1 Å². The molecule has 1 aromatic heterocycles. The normalized spacial score (nSPS) is 9.97. The Hall–Kier alpha value is -4.42. The van der Waals surface area contributed by atoms with Crippen molar-refractivity contribution in [2.24, 2.45) is 0 Å². The maximum absolute atomic E-state index is 13.6. The minimum absolute atomic E-state index is 0. The lowest BCUT2D eigenvalue weighted by Gasteiger charge is -2.06. The number of aliphatic hydroxyl groups is 1. The topological polar surface area (TPSA) is 76.2 Å². The predicted molar refractivity (Wildman–Crippen MR) is 161 cm³/mol. The molecule has 0 aliphatic rings. The maximum atomic E-state index is 13.6. The van der Waals surface area contributed by atoms with Gasteiger partial charge in [0.25, 0.3) is 0 Å². The Morgan fingerprint density at radius 3 is 1.98 bits per heavy atom. The number of halogens is 2. The number of Topliss-reactive ketones (excluding diaryl/α,β-unsaturated/α-hetero) is 1. The summed E-state index contributed by atoms with van der Waals surface area (Å²) in [6.07, 6.45) is 0. The summed E-state index contributed by atoms with van der Waals surface area (Å²) in [5, 5.41) is 9.14. The van der Waals surface area contributed by atoms with Gasteiger partial charge in [-0.05, 0) is 82.3 Å². The van der Waals surface area contributed by atoms with Crippen molar-refractivity contribution in [1.29, 1.82) is 0 Å². The second-order valence-corrected chi connectivity index (χ2v) is 9.27. The molecule has 4 aromatic carbocycles. The average molecular weight is 543 g/mol. The smallest absolute Gasteiger partial charge is 0.159 e. The first-order chi connectivity index (χ1) is 18.6. The molecule has 40 heavy (non-hydrogen) atoms. The Labute approximate surface area is 235 Å². The summed E-state index contributed by atoms with van der Waals surface area (Å²) in [5.74, 6) is -0.553. The number of aryl methyl sites for hydroxylation is 3. The summed E-state index contributed by atoms with van der Waals surface area (Å²) in [6, 6.07) is 26.9. The Balaban J connectivity index is 0.000000228. The van der Waals surface area contributed by atoms with Gasteiger partial charge >= 0.3 is 0 Å². The standard InChI is InChI=1S/C17H14FN.C9H10O.C7H8FNO.CH4/c1-11-8-12(2)10-13(9-11)16-7-6-14-15(18)4-3-5-17(14)19-16;1-7-4-3-5-9(6-7)8(2)10;8-6-2-1-3-7(9)5(6)4-10;/h3-10H,1-2H3;3-6H,1-2H3;1-3,10H,4,9H2;1H4. The van der Waals surface area contributed by atoms with Gasteiger partial charge in [0.05, 0.1) is 17.8 Å². The van der Waals surface area contributed by atoms with Crippen LogP contribution in [0.15, 0.2) is 91.0 Å². The first-order valence-electron chi connectivity index (χ1n) is 12.4. The number of ketones is 1. The number of hydrogen-bond donors (Lipinski definition) is 2. The van der Waals surface area contributed by atoms with Crippen LogP contribution in [-0.4, -0.2) is 15.9 Å². The van der Waals surface area contributed by atoms with E-state index >= 15 is 0 Å². The summed E-state index contributed by atoms with van der Waals surface area (Å²) in [4.78, 5) is 15.3. The molecule has 5 rings (SSSR count). The molecule has 0 unspecified atom stereocenters. The third-order valence-corrected chi connectivity index (χ3v) is 5.93. The lowest BCUT2D eigenvalue weighted by Crippen LogP contribution is -1.96. The van der Waals surface area contributed by atoms with Crippen LogP contribution in [0.1, 0.15) is 47.0 Å². The molecule has 0 aliphatic carbocycles. The number of aromatic nitrogens is 1. The van der Waals surface area contributed by atoms with E-state index in [0.717, 1.165) is 22.4 Å². The summed E-state index contributed by atoms with van der Waals surface area (Å²) in [5.41, 5.74) is 12.8. The van der Waals surface area contributed by atoms with Gasteiger partial charge in [0, 0.05) is 27.8 Å². The van der Waals surface area contributed by atoms with E-state index in [1.807, 2.05) is 43.3 Å². The zero-order valence-electron chi connectivity index (χ0n) is 22.5. The number of benzene rings is 4. The van der Waals surface area contributed by atoms with Crippen LogP contribution in [0, 0.1) is 32.4 Å². The molecular weight excluding hydrogens is 506 g/mol. The molecular formula is C34H36F2N2O2. The van der Waals surface area contributed by atoms with Gasteiger partial charge in [-0.1, -0.05) is 60.5 Å². The lowest BCUT2D eigenvalue weighted by atomic mass is 10.0. The molecule has 5 aromatic rings. The van der Waals surface area contributed by atoms with Crippen LogP contribution in [0.3, 0.4) is 0 Å². The number of pyridine rings is 1. The Morgan fingerprint density at radius 1 is 0.800 bits per heavy atom. The molecule has 0 bridgehead atoms. The lowest BCUT2D eigenvalue weighted by molar-refractivity contribution is 0.101. The van der Waals surface area contributed by atoms with Crippen molar-refractivity contribution >= 4 is 22.4 Å². The quantitative estimate of drug-likeness (QED) is 0.177. The summed E-state index contributed by atoms with van der Waals surface area (Å²) < 4.78 is 26.2. The fraction of sp³-hybridized carbons (Fsp3) is 0.176. The van der Waals surface area contributed by atoms with Crippen molar-refractivity contribution in [3.63, 3.8) is 0 Å². The number of aliphatic hydroxyl groups excluding tert-OH is 1. The van der Waals surface area contributed by atoms with E-state index in [2.05, 4.69) is 37.0 Å². The minimum Gasteiger partial charge on any atom is -0.398 e. The molecule has 1 heterocycles. The highest BCUT2D eigenvalue weighted by Gasteiger charge is 2.06. The van der Waals surface area contributed by atoms with Crippen molar-refractivity contribution in [3.05, 3.63) is 130 Å². The fourth-order valence-corrected chi connectivity index (χ4v) is 4.01. The maximum Gasteiger partial charge on any atom is 0.159 e. The van der Waals surface area contributed by atoms with Gasteiger partial charge in [0.1, 0.15) is 11.6 Å². The second-order valence-electron chi connectivity index (χ2n) is 9.27. The first kappa shape index (κ1) is 31.8. The van der Waals surface area contributed by atoms with E-state index in [-0.39, 0.29) is 31.2 Å². The molecule has 6 heteroatoms. The van der Waals surface area contributed by atoms with Gasteiger partial charge in [-0.3, -0.25) is 4.79 Å². The molecule has 0 fully saturated rings. The van der Waals surface area contributed by atoms with Crippen LogP contribution < -0.4 is 5.73 Å². The van der Waals surface area contributed by atoms with E-state index in [9.17, 15) is 13.6 Å². The molecule has 3 N–H and O–H groups in total. The first-order valence-corrected chi connectivity index (χ1v) is 12.4. The van der Waals surface area contributed by atoms with E-state index < -0.39 is 5.82 Å². The highest BCUT2D eigenvalue weighted by Crippen LogP contribution is 2.24. The van der Waals surface area contributed by atoms with Gasteiger partial charge in [-0.2, -0.15) is 0 Å². The summed E-state index contributed by atoms with van der Waals surface area (Å²) in [6.45, 7) is 7.34. The Bertz CT molecular complexity index is 1560. The molecule has 0 atom stereocenters. The van der Waals surface area contributed by atoms with Crippen LogP contribution in [-0.2, 0) is 6.61 Å². The van der Waals surface area contributed by atoms with Gasteiger partial charge in [-0.15, -0.1) is 0 Å². The number of nitrogens with zero attached hydrogens (tertiary/aromatic N) is 1. The van der Waals surface area contributed by atoms with Crippen molar-refractivity contribution in [1.82, 2.24) is 4.98 Å². The van der Waals surface area contributed by atoms with Crippen LogP contribution >= 0.6 is 0 Å². The number of nitrogen functional groups attached to an aromatic ring is 1. The molecule has 0 amide bonds. The number of nitrogens with two attached hydrogens (primary N) is 1.